The average molecular weight is 713 g/mol. The summed E-state index contributed by atoms with van der Waals surface area (Å²) in [6.45, 7) is 0. The van der Waals surface area contributed by atoms with Crippen LogP contribution in [0.15, 0.2) is 56.5 Å². The lowest BCUT2D eigenvalue weighted by Crippen LogP contribution is -2.36. The van der Waals surface area contributed by atoms with E-state index in [0.717, 1.165) is 13.2 Å². The second-order valence-corrected chi connectivity index (χ2v) is 12.2. The van der Waals surface area contributed by atoms with E-state index in [1.807, 2.05) is 0 Å². The molecule has 3 aliphatic carbocycles. The van der Waals surface area contributed by atoms with Gasteiger partial charge in [0.2, 0.25) is 5.78 Å². The molecular formula is C33H21BrN4O10. The van der Waals surface area contributed by atoms with Gasteiger partial charge in [-0.2, -0.15) is 5.10 Å². The first kappa shape index (κ1) is 30.6. The molecule has 15 heteroatoms. The largest absolute Gasteiger partial charge is 0.507 e. The van der Waals surface area contributed by atoms with Gasteiger partial charge in [-0.1, -0.05) is 6.07 Å². The Labute approximate surface area is 276 Å². The van der Waals surface area contributed by atoms with Gasteiger partial charge in [0.25, 0.3) is 11.5 Å². The molecular weight excluding hydrogens is 692 g/mol. The Bertz CT molecular complexity index is 2390. The zero-order chi connectivity index (χ0) is 34.4. The van der Waals surface area contributed by atoms with Gasteiger partial charge in [-0.3, -0.25) is 28.8 Å². The van der Waals surface area contributed by atoms with E-state index < -0.39 is 85.3 Å². The fourth-order valence-corrected chi connectivity index (χ4v) is 7.10. The number of aromatic hydroxyl groups is 3. The summed E-state index contributed by atoms with van der Waals surface area (Å²) in [5.74, 6) is -7.50. The molecule has 7 rings (SSSR count). The van der Waals surface area contributed by atoms with Crippen molar-refractivity contribution in [1.82, 2.24) is 10.4 Å². The molecule has 14 nitrogen and oxygen atoms in total. The predicted octanol–water partition coefficient (Wildman–Crippen LogP) is 2.93. The molecule has 0 saturated carbocycles. The van der Waals surface area contributed by atoms with E-state index in [9.17, 15) is 44.1 Å². The summed E-state index contributed by atoms with van der Waals surface area (Å²) in [7, 11) is 1.12. The highest BCUT2D eigenvalue weighted by Gasteiger charge is 2.61. The number of anilines is 1. The molecule has 0 bridgehead atoms. The Morgan fingerprint density at radius 1 is 1.00 bits per heavy atom. The van der Waals surface area contributed by atoms with Crippen molar-refractivity contribution >= 4 is 67.6 Å². The molecule has 1 heterocycles. The lowest BCUT2D eigenvalue weighted by molar-refractivity contribution is 0.0790. The lowest BCUT2D eigenvalue weighted by atomic mass is 9.76. The fourth-order valence-electron chi connectivity index (χ4n) is 6.72. The third kappa shape index (κ3) is 4.00. The first-order chi connectivity index (χ1) is 22.8. The molecule has 1 atom stereocenters. The van der Waals surface area contributed by atoms with Crippen LogP contribution in [-0.4, -0.2) is 62.7 Å². The number of hydrazone groups is 1. The summed E-state index contributed by atoms with van der Waals surface area (Å²) in [6.07, 6.45) is 1.85. The monoisotopic (exact) mass is 712 g/mol. The van der Waals surface area contributed by atoms with Crippen LogP contribution in [0.25, 0.3) is 10.8 Å². The number of methoxy groups -OCH3 is 1. The number of nitrogens with zero attached hydrogens (tertiary/aromatic N) is 1. The van der Waals surface area contributed by atoms with Gasteiger partial charge in [0.05, 0.1) is 46.7 Å². The number of carbonyl (C=O) groups excluding carboxylic acids is 5. The molecule has 0 saturated heterocycles. The van der Waals surface area contributed by atoms with E-state index in [4.69, 9.17) is 10.5 Å². The van der Waals surface area contributed by atoms with Crippen LogP contribution in [0.3, 0.4) is 0 Å². The summed E-state index contributed by atoms with van der Waals surface area (Å²) in [6, 6.07) is 7.54. The number of rotatable bonds is 4. The van der Waals surface area contributed by atoms with Crippen molar-refractivity contribution < 1.29 is 44.0 Å². The molecule has 0 unspecified atom stereocenters. The van der Waals surface area contributed by atoms with Gasteiger partial charge < -0.3 is 30.8 Å². The summed E-state index contributed by atoms with van der Waals surface area (Å²) in [5, 5.41) is 37.7. The number of Topliss-reactive ketones (excluding diaryl/α,β-unsaturated/α-hetero) is 3. The van der Waals surface area contributed by atoms with E-state index in [1.54, 1.807) is 6.07 Å². The second-order valence-electron chi connectivity index (χ2n) is 11.4. The minimum Gasteiger partial charge on any atom is -0.507 e. The highest BCUT2D eigenvalue weighted by molar-refractivity contribution is 9.10. The van der Waals surface area contributed by atoms with Gasteiger partial charge in [-0.05, 0) is 64.0 Å². The summed E-state index contributed by atoms with van der Waals surface area (Å²) < 4.78 is 5.44. The van der Waals surface area contributed by atoms with E-state index in [0.29, 0.717) is 15.7 Å². The number of carbonyl (C=O) groups is 5. The number of allylic oxidation sites excluding steroid dienone is 2. The van der Waals surface area contributed by atoms with Crippen molar-refractivity contribution in [2.45, 2.75) is 18.3 Å². The molecule has 1 amide bonds. The van der Waals surface area contributed by atoms with Crippen LogP contribution in [0.5, 0.6) is 17.2 Å². The van der Waals surface area contributed by atoms with Gasteiger partial charge in [0.1, 0.15) is 22.7 Å². The first-order valence-corrected chi connectivity index (χ1v) is 15.0. The molecule has 0 radical (unpaired) electrons. The lowest BCUT2D eigenvalue weighted by Gasteiger charge is -2.22. The third-order valence-electron chi connectivity index (χ3n) is 8.89. The fraction of sp³-hybridized carbons (Fsp3) is 0.121. The second kappa shape index (κ2) is 10.5. The Hall–Kier alpha value is -6.09. The van der Waals surface area contributed by atoms with Gasteiger partial charge >= 0.3 is 0 Å². The molecule has 1 aromatic heterocycles. The zero-order valence-electron chi connectivity index (χ0n) is 24.6. The number of ether oxygens (including phenoxy) is 1. The summed E-state index contributed by atoms with van der Waals surface area (Å²) in [4.78, 5) is 82.4. The number of benzene rings is 3. The van der Waals surface area contributed by atoms with Gasteiger partial charge in [-0.15, -0.1) is 0 Å². The summed E-state index contributed by atoms with van der Waals surface area (Å²) in [5.41, 5.74) is 3.47. The third-order valence-corrected chi connectivity index (χ3v) is 9.58. The molecule has 4 aromatic rings. The van der Waals surface area contributed by atoms with Crippen LogP contribution in [0.4, 0.5) is 5.69 Å². The molecule has 0 aliphatic heterocycles. The van der Waals surface area contributed by atoms with Gasteiger partial charge in [0.15, 0.2) is 23.1 Å². The Balaban J connectivity index is 1.29. The summed E-state index contributed by atoms with van der Waals surface area (Å²) >= 11 is 3.25. The number of nitrogens with two attached hydrogens (primary N) is 1. The number of phenolic OH excluding ortho intramolecular Hbond substituents is 3. The number of aryl methyl sites for hydroxylation is 1. The number of halogens is 1. The number of fused-ring (bicyclic) bond motifs is 5. The number of amides is 1. The Kier molecular flexibility index (Phi) is 6.66. The minimum absolute atomic E-state index is 0.0716. The number of aromatic nitrogens is 1. The number of H-pyrrole nitrogens is 1. The van der Waals surface area contributed by atoms with Crippen LogP contribution in [0.1, 0.15) is 75.0 Å². The Morgan fingerprint density at radius 2 is 1.69 bits per heavy atom. The number of ketones is 4. The number of aromatic amines is 1. The van der Waals surface area contributed by atoms with Crippen molar-refractivity contribution in [3.05, 3.63) is 102 Å². The smallest absolute Gasteiger partial charge is 0.271 e. The molecule has 0 fully saturated rings. The quantitative estimate of drug-likeness (QED) is 0.0591. The van der Waals surface area contributed by atoms with Crippen molar-refractivity contribution in [3.63, 3.8) is 0 Å². The van der Waals surface area contributed by atoms with Crippen LogP contribution in [0, 0.1) is 0 Å². The van der Waals surface area contributed by atoms with Crippen molar-refractivity contribution in [3.8, 4) is 17.2 Å². The average Bonchev–Trinajstić information content (AvgIpc) is 3.54. The predicted molar refractivity (Wildman–Crippen MR) is 172 cm³/mol. The standard InChI is InChI=1S/C33H21BrN4O10/c1-48-18-9-17(39)20-21(25(18)40)27(42)23-22(26(20)41)29(44)33(30(23)45)5-4-11-6-13-7-14(37-32(47)19(13)28(43)24(11)33)10-36-38-31(46)12-2-3-16(35)15(34)8-12/h2-3,6-10,41-43H,4-5,35H2,1H3,(H,37,47)(H,38,46)/b36-10+/t33-/m0/s1. The van der Waals surface area contributed by atoms with Crippen LogP contribution in [0.2, 0.25) is 0 Å². The maximum absolute atomic E-state index is 14.1. The minimum atomic E-state index is -2.16. The van der Waals surface area contributed by atoms with Crippen molar-refractivity contribution in [2.24, 2.45) is 5.10 Å². The number of hydrogen-bond acceptors (Lipinski definition) is 12. The maximum atomic E-state index is 14.1. The zero-order valence-corrected chi connectivity index (χ0v) is 26.1. The van der Waals surface area contributed by atoms with Crippen molar-refractivity contribution in [2.75, 3.05) is 12.8 Å². The highest BCUT2D eigenvalue weighted by atomic mass is 79.9. The number of phenols is 3. The van der Waals surface area contributed by atoms with E-state index in [2.05, 4.69) is 31.4 Å². The molecule has 7 N–H and O–H groups in total. The number of pyridine rings is 1. The molecule has 240 valence electrons. The van der Waals surface area contributed by atoms with E-state index in [-0.39, 0.29) is 40.4 Å². The number of nitrogen functional groups attached to an aromatic ring is 1. The number of nitrogens with one attached hydrogen (secondary N) is 2. The first-order valence-electron chi connectivity index (χ1n) is 14.2. The molecule has 48 heavy (non-hydrogen) atoms. The topological polar surface area (TPSA) is 239 Å². The van der Waals surface area contributed by atoms with Crippen LogP contribution in [-0.2, 0) is 16.6 Å². The maximum Gasteiger partial charge on any atom is 0.271 e. The molecule has 3 aliphatic rings. The van der Waals surface area contributed by atoms with E-state index >= 15 is 0 Å². The van der Waals surface area contributed by atoms with Gasteiger partial charge in [0, 0.05) is 27.4 Å². The Morgan fingerprint density at radius 3 is 2.35 bits per heavy atom. The van der Waals surface area contributed by atoms with Crippen LogP contribution >= 0.6 is 15.9 Å². The number of hydrogen-bond donors (Lipinski definition) is 6. The van der Waals surface area contributed by atoms with Crippen molar-refractivity contribution in [1.29, 1.82) is 0 Å². The van der Waals surface area contributed by atoms with Gasteiger partial charge in [-0.25, -0.2) is 5.43 Å². The highest BCUT2D eigenvalue weighted by Crippen LogP contribution is 2.57. The van der Waals surface area contributed by atoms with E-state index in [1.165, 1.54) is 30.5 Å². The van der Waals surface area contributed by atoms with Crippen LogP contribution < -0.4 is 16.7 Å². The molecule has 3 aromatic carbocycles. The molecule has 1 spiro atoms. The normalized spacial score (nSPS) is 18.0. The SMILES string of the molecule is COC1=CC(=O)c2c(O)c3c(c(O)c2C1=O)C(=O)[C@]1(CCc2cc4cc(/C=N/NC(=O)c5ccc(N)c(Br)c5)[nH]c(=O)c4c(O)c21)C3=O.